The first kappa shape index (κ1) is 15.5. The summed E-state index contributed by atoms with van der Waals surface area (Å²) < 4.78 is 5.02. The van der Waals surface area contributed by atoms with E-state index in [9.17, 15) is 4.79 Å². The Morgan fingerprint density at radius 3 is 2.74 bits per heavy atom. The topological polar surface area (TPSA) is 45.7 Å². The number of anilines is 2. The van der Waals surface area contributed by atoms with Crippen LogP contribution in [0.2, 0.25) is 0 Å². The number of nitrogens with zero attached hydrogens (tertiary/aromatic N) is 3. The predicted molar refractivity (Wildman–Crippen MR) is 90.6 cm³/mol. The highest BCUT2D eigenvalue weighted by Crippen LogP contribution is 2.33. The summed E-state index contributed by atoms with van der Waals surface area (Å²) in [5.74, 6) is 0.00294. The van der Waals surface area contributed by atoms with Crippen LogP contribution in [0.25, 0.3) is 0 Å². The zero-order valence-electron chi connectivity index (χ0n) is 13.3. The molecule has 0 spiro atoms. The van der Waals surface area contributed by atoms with E-state index in [-0.39, 0.29) is 12.5 Å². The molecule has 1 aliphatic heterocycles. The number of fused-ring (bicyclic) bond motifs is 1. The second-order valence-electron chi connectivity index (χ2n) is 5.60. The lowest BCUT2D eigenvalue weighted by Crippen LogP contribution is -2.34. The zero-order chi connectivity index (χ0) is 16.1. The average molecular weight is 311 g/mol. The minimum atomic E-state index is 0.00294. The molecule has 2 aromatic rings. The minimum Gasteiger partial charge on any atom is -0.375 e. The van der Waals surface area contributed by atoms with Gasteiger partial charge in [-0.25, -0.2) is 0 Å². The molecule has 120 valence electrons. The van der Waals surface area contributed by atoms with Crippen LogP contribution in [0.5, 0.6) is 0 Å². The van der Waals surface area contributed by atoms with Gasteiger partial charge in [-0.1, -0.05) is 18.2 Å². The Kier molecular flexibility index (Phi) is 4.88. The molecular formula is C18H21N3O2. The van der Waals surface area contributed by atoms with Gasteiger partial charge in [0.05, 0.1) is 11.4 Å². The number of carbonyl (C=O) groups excluding carboxylic acids is 1. The van der Waals surface area contributed by atoms with Crippen LogP contribution in [0.3, 0.4) is 0 Å². The highest BCUT2D eigenvalue weighted by molar-refractivity contribution is 5.97. The van der Waals surface area contributed by atoms with Gasteiger partial charge in [-0.05, 0) is 30.2 Å². The van der Waals surface area contributed by atoms with Gasteiger partial charge < -0.3 is 14.5 Å². The molecule has 5 heteroatoms. The lowest BCUT2D eigenvalue weighted by atomic mass is 10.2. The number of hydrogen-bond donors (Lipinski definition) is 0. The maximum absolute atomic E-state index is 12.4. The van der Waals surface area contributed by atoms with Gasteiger partial charge in [0.1, 0.15) is 6.61 Å². The Morgan fingerprint density at radius 1 is 1.17 bits per heavy atom. The van der Waals surface area contributed by atoms with Crippen molar-refractivity contribution in [3.63, 3.8) is 0 Å². The molecular weight excluding hydrogens is 290 g/mol. The molecule has 0 unspecified atom stereocenters. The number of aromatic nitrogens is 1. The first-order chi connectivity index (χ1) is 11.3. The van der Waals surface area contributed by atoms with Crippen molar-refractivity contribution in [2.45, 2.75) is 13.0 Å². The molecule has 0 atom stereocenters. The van der Waals surface area contributed by atoms with Gasteiger partial charge in [-0.2, -0.15) is 0 Å². The fourth-order valence-electron chi connectivity index (χ4n) is 2.96. The number of ether oxygens (including phenoxy) is 1. The number of amides is 1. The third-order valence-corrected chi connectivity index (χ3v) is 3.99. The summed E-state index contributed by atoms with van der Waals surface area (Å²) in [6.07, 6.45) is 4.59. The third kappa shape index (κ3) is 3.51. The molecule has 3 rings (SSSR count). The fourth-order valence-corrected chi connectivity index (χ4v) is 2.96. The van der Waals surface area contributed by atoms with E-state index in [2.05, 4.69) is 22.0 Å². The van der Waals surface area contributed by atoms with Crippen LogP contribution < -0.4 is 9.80 Å². The van der Waals surface area contributed by atoms with Gasteiger partial charge in [0.15, 0.2) is 0 Å². The Labute approximate surface area is 136 Å². The summed E-state index contributed by atoms with van der Waals surface area (Å²) in [6, 6.07) is 12.1. The molecule has 0 radical (unpaired) electrons. The predicted octanol–water partition coefficient (Wildman–Crippen LogP) is 2.47. The number of pyridine rings is 1. The number of carbonyl (C=O) groups is 1. The van der Waals surface area contributed by atoms with Crippen molar-refractivity contribution < 1.29 is 9.53 Å². The Morgan fingerprint density at radius 2 is 2.00 bits per heavy atom. The van der Waals surface area contributed by atoms with Crippen molar-refractivity contribution in [1.29, 1.82) is 0 Å². The van der Waals surface area contributed by atoms with Gasteiger partial charge in [-0.15, -0.1) is 0 Å². The van der Waals surface area contributed by atoms with E-state index in [0.717, 1.165) is 30.9 Å². The number of hydrogen-bond acceptors (Lipinski definition) is 4. The summed E-state index contributed by atoms with van der Waals surface area (Å²) in [5.41, 5.74) is 3.20. The summed E-state index contributed by atoms with van der Waals surface area (Å²) in [5, 5.41) is 0. The van der Waals surface area contributed by atoms with E-state index in [1.54, 1.807) is 13.3 Å². The molecule has 1 aromatic heterocycles. The molecule has 1 aliphatic rings. The van der Waals surface area contributed by atoms with Crippen molar-refractivity contribution in [3.8, 4) is 0 Å². The molecule has 0 bridgehead atoms. The van der Waals surface area contributed by atoms with Crippen LogP contribution in [-0.2, 0) is 16.1 Å². The van der Waals surface area contributed by atoms with Gasteiger partial charge in [0.25, 0.3) is 5.91 Å². The number of methoxy groups -OCH3 is 1. The Balaban J connectivity index is 1.90. The molecule has 1 aromatic carbocycles. The first-order valence-electron chi connectivity index (χ1n) is 7.82. The Hall–Kier alpha value is -2.40. The van der Waals surface area contributed by atoms with Gasteiger partial charge in [0.2, 0.25) is 0 Å². The van der Waals surface area contributed by atoms with Crippen molar-refractivity contribution in [2.75, 3.05) is 36.6 Å². The molecule has 0 saturated heterocycles. The van der Waals surface area contributed by atoms with Crippen LogP contribution >= 0.6 is 0 Å². The second kappa shape index (κ2) is 7.24. The van der Waals surface area contributed by atoms with Crippen LogP contribution in [0.15, 0.2) is 48.8 Å². The summed E-state index contributed by atoms with van der Waals surface area (Å²) in [7, 11) is 1.55. The summed E-state index contributed by atoms with van der Waals surface area (Å²) >= 11 is 0. The van der Waals surface area contributed by atoms with Crippen LogP contribution in [0, 0.1) is 0 Å². The minimum absolute atomic E-state index is 0.00294. The van der Waals surface area contributed by atoms with Gasteiger partial charge in [-0.3, -0.25) is 9.78 Å². The number of para-hydroxylation sites is 2. The maximum Gasteiger partial charge on any atom is 0.253 e. The van der Waals surface area contributed by atoms with Crippen molar-refractivity contribution in [2.24, 2.45) is 0 Å². The first-order valence-corrected chi connectivity index (χ1v) is 7.82. The van der Waals surface area contributed by atoms with Crippen LogP contribution in [0.1, 0.15) is 12.0 Å². The van der Waals surface area contributed by atoms with Gasteiger partial charge in [0, 0.05) is 39.1 Å². The SMILES string of the molecule is COCC(=O)N1CCCN(Cc2cccnc2)c2ccccc21. The summed E-state index contributed by atoms with van der Waals surface area (Å²) in [6.45, 7) is 2.51. The van der Waals surface area contributed by atoms with Crippen LogP contribution in [0.4, 0.5) is 11.4 Å². The third-order valence-electron chi connectivity index (χ3n) is 3.99. The quantitative estimate of drug-likeness (QED) is 0.870. The lowest BCUT2D eigenvalue weighted by molar-refractivity contribution is -0.122. The normalized spacial score (nSPS) is 14.3. The van der Waals surface area contributed by atoms with Crippen molar-refractivity contribution >= 4 is 17.3 Å². The Bertz CT molecular complexity index is 660. The second-order valence-corrected chi connectivity index (χ2v) is 5.60. The zero-order valence-corrected chi connectivity index (χ0v) is 13.3. The fraction of sp³-hybridized carbons (Fsp3) is 0.333. The average Bonchev–Trinajstić information content (AvgIpc) is 2.76. The van der Waals surface area contributed by atoms with Crippen molar-refractivity contribution in [3.05, 3.63) is 54.4 Å². The van der Waals surface area contributed by atoms with E-state index < -0.39 is 0 Å². The standard InChI is InChI=1S/C18H21N3O2/c1-23-14-18(22)21-11-5-10-20(13-15-6-4-9-19-12-15)16-7-2-3-8-17(16)21/h2-4,6-9,12H,5,10-11,13-14H2,1H3. The van der Waals surface area contributed by atoms with E-state index in [0.29, 0.717) is 6.54 Å². The molecule has 0 fully saturated rings. The summed E-state index contributed by atoms with van der Waals surface area (Å²) in [4.78, 5) is 20.7. The lowest BCUT2D eigenvalue weighted by Gasteiger charge is -2.26. The smallest absolute Gasteiger partial charge is 0.253 e. The largest absolute Gasteiger partial charge is 0.375 e. The molecule has 5 nitrogen and oxygen atoms in total. The molecule has 1 amide bonds. The van der Waals surface area contributed by atoms with Crippen LogP contribution in [-0.4, -0.2) is 37.7 Å². The molecule has 23 heavy (non-hydrogen) atoms. The van der Waals surface area contributed by atoms with E-state index >= 15 is 0 Å². The van der Waals surface area contributed by atoms with E-state index in [1.165, 1.54) is 5.56 Å². The van der Waals surface area contributed by atoms with E-state index in [1.807, 2.05) is 35.4 Å². The monoisotopic (exact) mass is 311 g/mol. The maximum atomic E-state index is 12.4. The van der Waals surface area contributed by atoms with Gasteiger partial charge >= 0.3 is 0 Å². The number of rotatable bonds is 4. The molecule has 0 N–H and O–H groups in total. The highest BCUT2D eigenvalue weighted by Gasteiger charge is 2.24. The highest BCUT2D eigenvalue weighted by atomic mass is 16.5. The molecule has 2 heterocycles. The molecule has 0 saturated carbocycles. The molecule has 0 aliphatic carbocycles. The number of benzene rings is 1. The van der Waals surface area contributed by atoms with Crippen molar-refractivity contribution in [1.82, 2.24) is 4.98 Å². The van der Waals surface area contributed by atoms with E-state index in [4.69, 9.17) is 4.74 Å².